The lowest BCUT2D eigenvalue weighted by atomic mass is 10.2. The molecule has 0 radical (unpaired) electrons. The van der Waals surface area contributed by atoms with E-state index in [1.807, 2.05) is 6.07 Å². The van der Waals surface area contributed by atoms with Gasteiger partial charge in [-0.3, -0.25) is 0 Å². The molecular weight excluding hydrogens is 260 g/mol. The second-order valence-electron chi connectivity index (χ2n) is 4.78. The van der Waals surface area contributed by atoms with Crippen LogP contribution < -0.4 is 10.1 Å². The zero-order valence-corrected chi connectivity index (χ0v) is 11.1. The molecule has 0 spiro atoms. The molecule has 2 N–H and O–H groups in total. The number of nitrogens with one attached hydrogen (secondary N) is 1. The maximum absolute atomic E-state index is 9.48. The van der Waals surface area contributed by atoms with Crippen molar-refractivity contribution >= 4 is 0 Å². The van der Waals surface area contributed by atoms with Gasteiger partial charge in [-0.25, -0.2) is 4.98 Å². The molecule has 0 saturated carbocycles. The van der Waals surface area contributed by atoms with Crippen molar-refractivity contribution in [2.75, 3.05) is 13.7 Å². The van der Waals surface area contributed by atoms with Crippen LogP contribution in [0.1, 0.15) is 29.7 Å². The minimum atomic E-state index is -0.346. The van der Waals surface area contributed by atoms with Gasteiger partial charge in [0.25, 0.3) is 0 Å². The number of aromatic nitrogens is 3. The van der Waals surface area contributed by atoms with Crippen LogP contribution in [0.15, 0.2) is 22.9 Å². The van der Waals surface area contributed by atoms with E-state index in [2.05, 4.69) is 20.4 Å². The topological polar surface area (TPSA) is 93.3 Å². The Kier molecular flexibility index (Phi) is 3.62. The molecule has 0 unspecified atom stereocenters. The monoisotopic (exact) mass is 276 g/mol. The van der Waals surface area contributed by atoms with E-state index in [1.165, 1.54) is 0 Å². The second kappa shape index (κ2) is 5.56. The first kappa shape index (κ1) is 13.0. The van der Waals surface area contributed by atoms with Crippen molar-refractivity contribution in [2.45, 2.75) is 25.0 Å². The second-order valence-corrected chi connectivity index (χ2v) is 4.78. The molecule has 1 saturated heterocycles. The Morgan fingerprint density at radius 2 is 2.40 bits per heavy atom. The maximum atomic E-state index is 9.48. The summed E-state index contributed by atoms with van der Waals surface area (Å²) in [5.41, 5.74) is 0.984. The smallest absolute Gasteiger partial charge is 0.243 e. The lowest BCUT2D eigenvalue weighted by Crippen LogP contribution is -2.15. The molecule has 0 bridgehead atoms. The van der Waals surface area contributed by atoms with E-state index < -0.39 is 0 Å². The molecule has 7 nitrogen and oxygen atoms in total. The molecule has 0 aliphatic carbocycles. The van der Waals surface area contributed by atoms with Crippen molar-refractivity contribution in [1.29, 1.82) is 0 Å². The summed E-state index contributed by atoms with van der Waals surface area (Å²) in [6.45, 7) is 0.560. The van der Waals surface area contributed by atoms with Gasteiger partial charge in [-0.1, -0.05) is 11.2 Å². The van der Waals surface area contributed by atoms with E-state index in [1.54, 1.807) is 19.4 Å². The van der Waals surface area contributed by atoms with E-state index in [9.17, 15) is 5.11 Å². The van der Waals surface area contributed by atoms with Gasteiger partial charge in [-0.2, -0.15) is 4.98 Å². The van der Waals surface area contributed by atoms with Gasteiger partial charge in [0.05, 0.1) is 19.3 Å². The fourth-order valence-corrected chi connectivity index (χ4v) is 2.20. The molecule has 106 valence electrons. The average Bonchev–Trinajstić information content (AvgIpc) is 3.09. The number of methoxy groups -OCH3 is 1. The van der Waals surface area contributed by atoms with Crippen molar-refractivity contribution in [2.24, 2.45) is 0 Å². The number of β-amino-alcohol motifs (C(OH)–C–C–N with tert-alkyl or cyclic N) is 1. The molecule has 1 fully saturated rings. The summed E-state index contributed by atoms with van der Waals surface area (Å²) in [5, 5.41) is 16.6. The van der Waals surface area contributed by atoms with Gasteiger partial charge in [0.1, 0.15) is 0 Å². The van der Waals surface area contributed by atoms with Gasteiger partial charge in [-0.05, 0) is 12.0 Å². The Morgan fingerprint density at radius 1 is 1.50 bits per heavy atom. The number of rotatable bonds is 4. The number of nitrogens with zero attached hydrogens (tertiary/aromatic N) is 3. The summed E-state index contributed by atoms with van der Waals surface area (Å²) < 4.78 is 10.2. The van der Waals surface area contributed by atoms with Crippen molar-refractivity contribution in [3.05, 3.63) is 35.6 Å². The predicted molar refractivity (Wildman–Crippen MR) is 69.3 cm³/mol. The molecular formula is C13H16N4O3. The summed E-state index contributed by atoms with van der Waals surface area (Å²) in [5.74, 6) is 1.71. The predicted octanol–water partition coefficient (Wildman–Crippen LogP) is 0.459. The van der Waals surface area contributed by atoms with Crippen LogP contribution >= 0.6 is 0 Å². The SMILES string of the molecule is COc1ccc(Cc2noc([C@H]3C[C@H](O)CN3)n2)cn1. The van der Waals surface area contributed by atoms with Gasteiger partial charge in [0, 0.05) is 25.2 Å². The van der Waals surface area contributed by atoms with E-state index >= 15 is 0 Å². The molecule has 20 heavy (non-hydrogen) atoms. The minimum Gasteiger partial charge on any atom is -0.481 e. The van der Waals surface area contributed by atoms with Crippen LogP contribution in [0.2, 0.25) is 0 Å². The number of aliphatic hydroxyl groups is 1. The van der Waals surface area contributed by atoms with Crippen LogP contribution in [0.4, 0.5) is 0 Å². The summed E-state index contributed by atoms with van der Waals surface area (Å²) in [7, 11) is 1.58. The van der Waals surface area contributed by atoms with E-state index in [0.29, 0.717) is 37.0 Å². The molecule has 0 amide bonds. The molecule has 3 rings (SSSR count). The van der Waals surface area contributed by atoms with Crippen LogP contribution in [0.5, 0.6) is 5.88 Å². The molecule has 0 aromatic carbocycles. The summed E-state index contributed by atoms with van der Waals surface area (Å²) in [6, 6.07) is 3.66. The fourth-order valence-electron chi connectivity index (χ4n) is 2.20. The highest BCUT2D eigenvalue weighted by Crippen LogP contribution is 2.22. The minimum absolute atomic E-state index is 0.0553. The number of hydrogen-bond donors (Lipinski definition) is 2. The fraction of sp³-hybridized carbons (Fsp3) is 0.462. The molecule has 2 aromatic rings. The Labute approximate surface area is 116 Å². The highest BCUT2D eigenvalue weighted by atomic mass is 16.5. The Bertz CT molecular complexity index is 569. The summed E-state index contributed by atoms with van der Waals surface area (Å²) in [6.07, 6.45) is 2.54. The van der Waals surface area contributed by atoms with Crippen LogP contribution in [0, 0.1) is 0 Å². The van der Waals surface area contributed by atoms with Crippen molar-refractivity contribution in [1.82, 2.24) is 20.4 Å². The molecule has 2 atom stereocenters. The standard InChI is InChI=1S/C13H16N4O3/c1-19-12-3-2-8(6-15-12)4-11-16-13(20-17-11)10-5-9(18)7-14-10/h2-3,6,9-10,14,18H,4-5,7H2,1H3/t9-,10+/m0/s1. The zero-order valence-electron chi connectivity index (χ0n) is 11.1. The number of ether oxygens (including phenoxy) is 1. The normalized spacial score (nSPS) is 22.1. The lowest BCUT2D eigenvalue weighted by molar-refractivity contribution is 0.191. The van der Waals surface area contributed by atoms with Gasteiger partial charge in [0.2, 0.25) is 11.8 Å². The largest absolute Gasteiger partial charge is 0.481 e. The number of pyridine rings is 1. The highest BCUT2D eigenvalue weighted by molar-refractivity contribution is 5.20. The summed E-state index contributed by atoms with van der Waals surface area (Å²) in [4.78, 5) is 8.49. The van der Waals surface area contributed by atoms with Gasteiger partial charge >= 0.3 is 0 Å². The molecule has 2 aromatic heterocycles. The van der Waals surface area contributed by atoms with Gasteiger partial charge in [0.15, 0.2) is 5.82 Å². The quantitative estimate of drug-likeness (QED) is 0.837. The van der Waals surface area contributed by atoms with Crippen LogP contribution in [-0.2, 0) is 6.42 Å². The maximum Gasteiger partial charge on any atom is 0.243 e. The van der Waals surface area contributed by atoms with Crippen molar-refractivity contribution in [3.8, 4) is 5.88 Å². The average molecular weight is 276 g/mol. The Balaban J connectivity index is 1.67. The van der Waals surface area contributed by atoms with Crippen LogP contribution in [0.25, 0.3) is 0 Å². The zero-order chi connectivity index (χ0) is 13.9. The molecule has 1 aliphatic rings. The van der Waals surface area contributed by atoms with E-state index in [0.717, 1.165) is 5.56 Å². The highest BCUT2D eigenvalue weighted by Gasteiger charge is 2.28. The van der Waals surface area contributed by atoms with Crippen LogP contribution in [0.3, 0.4) is 0 Å². The van der Waals surface area contributed by atoms with Gasteiger partial charge < -0.3 is 19.7 Å². The molecule has 7 heteroatoms. The number of aliphatic hydroxyl groups excluding tert-OH is 1. The van der Waals surface area contributed by atoms with E-state index in [-0.39, 0.29) is 12.1 Å². The Morgan fingerprint density at radius 3 is 3.05 bits per heavy atom. The van der Waals surface area contributed by atoms with Gasteiger partial charge in [-0.15, -0.1) is 0 Å². The third-order valence-electron chi connectivity index (χ3n) is 3.26. The van der Waals surface area contributed by atoms with Crippen molar-refractivity contribution in [3.63, 3.8) is 0 Å². The first-order chi connectivity index (χ1) is 9.74. The molecule has 1 aliphatic heterocycles. The third kappa shape index (κ3) is 2.78. The first-order valence-electron chi connectivity index (χ1n) is 6.47. The third-order valence-corrected chi connectivity index (χ3v) is 3.26. The first-order valence-corrected chi connectivity index (χ1v) is 6.47. The van der Waals surface area contributed by atoms with Crippen LogP contribution in [-0.4, -0.2) is 40.0 Å². The number of hydrogen-bond acceptors (Lipinski definition) is 7. The van der Waals surface area contributed by atoms with E-state index in [4.69, 9.17) is 9.26 Å². The summed E-state index contributed by atoms with van der Waals surface area (Å²) >= 11 is 0. The molecule has 3 heterocycles. The Hall–Kier alpha value is -1.99. The van der Waals surface area contributed by atoms with Crippen molar-refractivity contribution < 1.29 is 14.4 Å². The lowest BCUT2D eigenvalue weighted by Gasteiger charge is -2.01.